The summed E-state index contributed by atoms with van der Waals surface area (Å²) < 4.78 is 10.7. The summed E-state index contributed by atoms with van der Waals surface area (Å²) in [5.41, 5.74) is 3.62. The van der Waals surface area contributed by atoms with Gasteiger partial charge in [-0.2, -0.15) is 0 Å². The monoisotopic (exact) mass is 206 g/mol. The lowest BCUT2D eigenvalue weighted by Crippen LogP contribution is -2.00. The van der Waals surface area contributed by atoms with Gasteiger partial charge in [0.25, 0.3) is 0 Å². The first-order valence-corrected chi connectivity index (χ1v) is 5.02. The van der Waals surface area contributed by atoms with E-state index in [0.717, 1.165) is 5.75 Å². The van der Waals surface area contributed by atoms with Crippen LogP contribution in [-0.4, -0.2) is 13.7 Å². The Kier molecular flexibility index (Phi) is 4.37. The number of rotatable bonds is 5. The Morgan fingerprint density at radius 3 is 2.60 bits per heavy atom. The predicted molar refractivity (Wildman–Crippen MR) is 62.3 cm³/mol. The Morgan fingerprint density at radius 2 is 2.00 bits per heavy atom. The summed E-state index contributed by atoms with van der Waals surface area (Å²) in [6.45, 7) is 8.97. The predicted octanol–water partition coefficient (Wildman–Crippen LogP) is 3.01. The minimum atomic E-state index is 0.546. The first-order valence-electron chi connectivity index (χ1n) is 5.02. The Labute approximate surface area is 91.5 Å². The quantitative estimate of drug-likeness (QED) is 0.689. The van der Waals surface area contributed by atoms with Crippen LogP contribution in [0.1, 0.15) is 16.7 Å². The molecule has 0 unspecified atom stereocenters. The third-order valence-corrected chi connectivity index (χ3v) is 2.51. The SMILES string of the molecule is C=CCOc1ccc(COC)c(C)c1C. The largest absolute Gasteiger partial charge is 0.489 e. The number of methoxy groups -OCH3 is 1. The van der Waals surface area contributed by atoms with E-state index >= 15 is 0 Å². The van der Waals surface area contributed by atoms with E-state index in [1.807, 2.05) is 12.1 Å². The Morgan fingerprint density at radius 1 is 1.27 bits per heavy atom. The van der Waals surface area contributed by atoms with Gasteiger partial charge in [-0.3, -0.25) is 0 Å². The molecule has 0 aliphatic rings. The molecule has 0 amide bonds. The normalized spacial score (nSPS) is 10.1. The molecule has 0 N–H and O–H groups in total. The summed E-state index contributed by atoms with van der Waals surface area (Å²) in [6, 6.07) is 4.03. The average Bonchev–Trinajstić information content (AvgIpc) is 2.24. The molecule has 15 heavy (non-hydrogen) atoms. The maximum Gasteiger partial charge on any atom is 0.122 e. The van der Waals surface area contributed by atoms with Crippen LogP contribution in [0.25, 0.3) is 0 Å². The number of benzene rings is 1. The molecule has 0 aliphatic heterocycles. The highest BCUT2D eigenvalue weighted by Crippen LogP contribution is 2.24. The molecule has 0 saturated carbocycles. The van der Waals surface area contributed by atoms with Crippen molar-refractivity contribution in [2.24, 2.45) is 0 Å². The van der Waals surface area contributed by atoms with E-state index in [9.17, 15) is 0 Å². The maximum atomic E-state index is 5.54. The van der Waals surface area contributed by atoms with Gasteiger partial charge in [0.05, 0.1) is 6.61 Å². The molecule has 0 spiro atoms. The zero-order valence-electron chi connectivity index (χ0n) is 9.67. The van der Waals surface area contributed by atoms with Gasteiger partial charge in [-0.25, -0.2) is 0 Å². The standard InChI is InChI=1S/C13H18O2/c1-5-8-15-13-7-6-12(9-14-4)10(2)11(13)3/h5-7H,1,8-9H2,2-4H3. The van der Waals surface area contributed by atoms with Crippen molar-refractivity contribution in [3.63, 3.8) is 0 Å². The van der Waals surface area contributed by atoms with Crippen molar-refractivity contribution >= 4 is 0 Å². The summed E-state index contributed by atoms with van der Waals surface area (Å²) in [5, 5.41) is 0. The Bertz CT molecular complexity index is 343. The summed E-state index contributed by atoms with van der Waals surface area (Å²) in [4.78, 5) is 0. The lowest BCUT2D eigenvalue weighted by molar-refractivity contribution is 0.184. The fraction of sp³-hybridized carbons (Fsp3) is 0.385. The van der Waals surface area contributed by atoms with Crippen LogP contribution in [0.15, 0.2) is 24.8 Å². The molecule has 0 bridgehead atoms. The molecule has 2 heteroatoms. The first-order chi connectivity index (χ1) is 7.20. The molecule has 2 nitrogen and oxygen atoms in total. The highest BCUT2D eigenvalue weighted by molar-refractivity contribution is 5.43. The van der Waals surface area contributed by atoms with E-state index in [4.69, 9.17) is 9.47 Å². The second-order valence-electron chi connectivity index (χ2n) is 3.51. The molecule has 0 fully saturated rings. The van der Waals surface area contributed by atoms with Crippen molar-refractivity contribution in [3.05, 3.63) is 41.5 Å². The number of hydrogen-bond acceptors (Lipinski definition) is 2. The van der Waals surface area contributed by atoms with Crippen molar-refractivity contribution in [2.75, 3.05) is 13.7 Å². The first kappa shape index (κ1) is 11.8. The summed E-state index contributed by atoms with van der Waals surface area (Å²) >= 11 is 0. The van der Waals surface area contributed by atoms with Crippen LogP contribution in [0, 0.1) is 13.8 Å². The van der Waals surface area contributed by atoms with Gasteiger partial charge < -0.3 is 9.47 Å². The van der Waals surface area contributed by atoms with Crippen LogP contribution in [0.3, 0.4) is 0 Å². The van der Waals surface area contributed by atoms with Crippen LogP contribution in [0.2, 0.25) is 0 Å². The molecule has 1 aromatic carbocycles. The molecular weight excluding hydrogens is 188 g/mol. The second kappa shape index (κ2) is 5.56. The van der Waals surface area contributed by atoms with Crippen molar-refractivity contribution in [1.29, 1.82) is 0 Å². The lowest BCUT2D eigenvalue weighted by atomic mass is 10.0. The van der Waals surface area contributed by atoms with Crippen LogP contribution in [-0.2, 0) is 11.3 Å². The van der Waals surface area contributed by atoms with E-state index in [-0.39, 0.29) is 0 Å². The third kappa shape index (κ3) is 2.83. The van der Waals surface area contributed by atoms with Gasteiger partial charge in [0.15, 0.2) is 0 Å². The zero-order chi connectivity index (χ0) is 11.3. The van der Waals surface area contributed by atoms with E-state index in [2.05, 4.69) is 20.4 Å². The summed E-state index contributed by atoms with van der Waals surface area (Å²) in [6.07, 6.45) is 1.75. The fourth-order valence-electron chi connectivity index (χ4n) is 1.47. The fourth-order valence-corrected chi connectivity index (χ4v) is 1.47. The Hall–Kier alpha value is -1.28. The van der Waals surface area contributed by atoms with E-state index in [1.54, 1.807) is 13.2 Å². The molecule has 1 rings (SSSR count). The van der Waals surface area contributed by atoms with Gasteiger partial charge in [-0.05, 0) is 36.6 Å². The van der Waals surface area contributed by atoms with Crippen molar-refractivity contribution in [1.82, 2.24) is 0 Å². The zero-order valence-corrected chi connectivity index (χ0v) is 9.67. The van der Waals surface area contributed by atoms with Crippen molar-refractivity contribution in [3.8, 4) is 5.75 Å². The van der Waals surface area contributed by atoms with Gasteiger partial charge in [-0.15, -0.1) is 0 Å². The summed E-state index contributed by atoms with van der Waals surface area (Å²) in [7, 11) is 1.71. The van der Waals surface area contributed by atoms with Gasteiger partial charge in [0.1, 0.15) is 12.4 Å². The van der Waals surface area contributed by atoms with E-state index in [1.165, 1.54) is 16.7 Å². The number of ether oxygens (including phenoxy) is 2. The van der Waals surface area contributed by atoms with Gasteiger partial charge in [0.2, 0.25) is 0 Å². The van der Waals surface area contributed by atoms with Gasteiger partial charge in [0, 0.05) is 7.11 Å². The number of hydrogen-bond donors (Lipinski definition) is 0. The molecule has 0 heterocycles. The molecule has 82 valence electrons. The third-order valence-electron chi connectivity index (χ3n) is 2.51. The second-order valence-corrected chi connectivity index (χ2v) is 3.51. The van der Waals surface area contributed by atoms with E-state index in [0.29, 0.717) is 13.2 Å². The van der Waals surface area contributed by atoms with Crippen LogP contribution in [0.5, 0.6) is 5.75 Å². The highest BCUT2D eigenvalue weighted by Gasteiger charge is 2.06. The minimum absolute atomic E-state index is 0.546. The van der Waals surface area contributed by atoms with Crippen molar-refractivity contribution < 1.29 is 9.47 Å². The van der Waals surface area contributed by atoms with Crippen LogP contribution in [0.4, 0.5) is 0 Å². The topological polar surface area (TPSA) is 18.5 Å². The molecule has 0 aliphatic carbocycles. The lowest BCUT2D eigenvalue weighted by Gasteiger charge is -2.13. The van der Waals surface area contributed by atoms with Crippen molar-refractivity contribution in [2.45, 2.75) is 20.5 Å². The van der Waals surface area contributed by atoms with Gasteiger partial charge >= 0.3 is 0 Å². The smallest absolute Gasteiger partial charge is 0.122 e. The molecule has 1 aromatic rings. The van der Waals surface area contributed by atoms with Crippen LogP contribution < -0.4 is 4.74 Å². The summed E-state index contributed by atoms with van der Waals surface area (Å²) in [5.74, 6) is 0.923. The maximum absolute atomic E-state index is 5.54. The van der Waals surface area contributed by atoms with Crippen LogP contribution >= 0.6 is 0 Å². The highest BCUT2D eigenvalue weighted by atomic mass is 16.5. The molecule has 0 radical (unpaired) electrons. The van der Waals surface area contributed by atoms with Gasteiger partial charge in [-0.1, -0.05) is 18.7 Å². The molecule has 0 atom stereocenters. The molecular formula is C13H18O2. The van der Waals surface area contributed by atoms with E-state index < -0.39 is 0 Å². The Balaban J connectivity index is 2.93. The molecule has 0 saturated heterocycles. The minimum Gasteiger partial charge on any atom is -0.489 e. The average molecular weight is 206 g/mol. The molecule has 0 aromatic heterocycles.